The van der Waals surface area contributed by atoms with Crippen LogP contribution in [0.3, 0.4) is 0 Å². The molecule has 1 saturated heterocycles. The maximum absolute atomic E-state index is 13.0. The average Bonchev–Trinajstić information content (AvgIpc) is 3.33. The molecule has 0 aromatic heterocycles. The minimum Gasteiger partial charge on any atom is -0.345 e. The molecule has 1 heterocycles. The summed E-state index contributed by atoms with van der Waals surface area (Å²) >= 11 is 0. The number of aryl methyl sites for hydroxylation is 2. The number of carbonyl (C=O) groups excluding carboxylic acids is 1. The van der Waals surface area contributed by atoms with Crippen LogP contribution < -0.4 is 5.32 Å². The molecule has 0 spiro atoms. The van der Waals surface area contributed by atoms with Crippen LogP contribution in [0.1, 0.15) is 72.1 Å². The topological polar surface area (TPSA) is 66.5 Å². The van der Waals surface area contributed by atoms with E-state index in [-0.39, 0.29) is 16.8 Å². The van der Waals surface area contributed by atoms with Crippen LogP contribution in [0.15, 0.2) is 47.4 Å². The van der Waals surface area contributed by atoms with Crippen LogP contribution in [-0.4, -0.2) is 31.7 Å². The summed E-state index contributed by atoms with van der Waals surface area (Å²) in [6.45, 7) is 3.16. The van der Waals surface area contributed by atoms with Gasteiger partial charge in [0, 0.05) is 18.7 Å². The first kappa shape index (κ1) is 21.1. The summed E-state index contributed by atoms with van der Waals surface area (Å²) in [5.74, 6) is -0.238. The number of rotatable bonds is 6. The first-order valence-corrected chi connectivity index (χ1v) is 12.5. The van der Waals surface area contributed by atoms with E-state index in [4.69, 9.17) is 0 Å². The largest absolute Gasteiger partial charge is 0.345 e. The summed E-state index contributed by atoms with van der Waals surface area (Å²) in [7, 11) is -3.54. The minimum atomic E-state index is -3.54. The summed E-state index contributed by atoms with van der Waals surface area (Å²) in [6, 6.07) is 12.9. The van der Waals surface area contributed by atoms with Gasteiger partial charge in [0.15, 0.2) is 0 Å². The lowest BCUT2D eigenvalue weighted by molar-refractivity contribution is 0.0935. The molecule has 160 valence electrons. The van der Waals surface area contributed by atoms with Crippen LogP contribution in [0.4, 0.5) is 0 Å². The van der Waals surface area contributed by atoms with Gasteiger partial charge in [-0.15, -0.1) is 0 Å². The second-order valence-electron chi connectivity index (χ2n) is 8.31. The summed E-state index contributed by atoms with van der Waals surface area (Å²) in [5, 5.41) is 3.11. The number of benzene rings is 2. The number of fused-ring (bicyclic) bond motifs is 1. The molecule has 1 fully saturated rings. The van der Waals surface area contributed by atoms with E-state index in [1.807, 2.05) is 0 Å². The quantitative estimate of drug-likeness (QED) is 0.752. The second-order valence-corrected chi connectivity index (χ2v) is 10.2. The normalized spacial score (nSPS) is 18.0. The van der Waals surface area contributed by atoms with Gasteiger partial charge in [-0.1, -0.05) is 31.2 Å². The van der Waals surface area contributed by atoms with Gasteiger partial charge in [0.1, 0.15) is 0 Å². The Morgan fingerprint density at radius 1 is 1.00 bits per heavy atom. The number of nitrogens with one attached hydrogen (secondary N) is 1. The van der Waals surface area contributed by atoms with E-state index in [9.17, 15) is 13.2 Å². The fraction of sp³-hybridized carbons (Fsp3) is 0.458. The third kappa shape index (κ3) is 4.30. The molecule has 30 heavy (non-hydrogen) atoms. The Kier molecular flexibility index (Phi) is 6.25. The number of sulfonamides is 1. The van der Waals surface area contributed by atoms with Gasteiger partial charge in [0.05, 0.1) is 10.9 Å². The van der Waals surface area contributed by atoms with Crippen molar-refractivity contribution in [2.45, 2.75) is 62.8 Å². The van der Waals surface area contributed by atoms with Crippen LogP contribution in [0.5, 0.6) is 0 Å². The lowest BCUT2D eigenvalue weighted by Crippen LogP contribution is -2.30. The number of carbonyl (C=O) groups is 1. The van der Waals surface area contributed by atoms with E-state index >= 15 is 0 Å². The van der Waals surface area contributed by atoms with Gasteiger partial charge in [0.25, 0.3) is 5.91 Å². The van der Waals surface area contributed by atoms with E-state index in [1.54, 1.807) is 18.2 Å². The third-order valence-electron chi connectivity index (χ3n) is 6.29. The summed E-state index contributed by atoms with van der Waals surface area (Å²) in [4.78, 5) is 13.2. The highest BCUT2D eigenvalue weighted by atomic mass is 32.2. The average molecular weight is 427 g/mol. The van der Waals surface area contributed by atoms with Crippen molar-refractivity contribution in [1.82, 2.24) is 9.62 Å². The molecule has 5 nitrogen and oxygen atoms in total. The van der Waals surface area contributed by atoms with E-state index < -0.39 is 10.0 Å². The monoisotopic (exact) mass is 426 g/mol. The lowest BCUT2D eigenvalue weighted by Gasteiger charge is -2.22. The van der Waals surface area contributed by atoms with Crippen molar-refractivity contribution in [1.29, 1.82) is 0 Å². The van der Waals surface area contributed by atoms with Crippen LogP contribution in [-0.2, 0) is 22.9 Å². The third-order valence-corrected chi connectivity index (χ3v) is 8.18. The molecule has 1 N–H and O–H groups in total. The molecule has 2 aromatic carbocycles. The maximum atomic E-state index is 13.0. The van der Waals surface area contributed by atoms with Crippen LogP contribution in [0.25, 0.3) is 0 Å². The summed E-state index contributed by atoms with van der Waals surface area (Å²) in [5.41, 5.74) is 4.31. The van der Waals surface area contributed by atoms with Crippen molar-refractivity contribution >= 4 is 15.9 Å². The van der Waals surface area contributed by atoms with Crippen molar-refractivity contribution in [3.63, 3.8) is 0 Å². The minimum absolute atomic E-state index is 0.0939. The molecule has 1 aliphatic carbocycles. The lowest BCUT2D eigenvalue weighted by atomic mass is 9.88. The number of hydrogen-bond donors (Lipinski definition) is 1. The number of hydrogen-bond acceptors (Lipinski definition) is 3. The van der Waals surface area contributed by atoms with E-state index in [2.05, 4.69) is 30.4 Å². The molecule has 0 radical (unpaired) electrons. The van der Waals surface area contributed by atoms with Gasteiger partial charge in [-0.05, 0) is 79.8 Å². The van der Waals surface area contributed by atoms with Gasteiger partial charge in [0.2, 0.25) is 10.0 Å². The van der Waals surface area contributed by atoms with Crippen molar-refractivity contribution in [3.05, 3.63) is 64.7 Å². The van der Waals surface area contributed by atoms with Gasteiger partial charge in [-0.3, -0.25) is 4.79 Å². The Balaban J connectivity index is 1.53. The van der Waals surface area contributed by atoms with Crippen LogP contribution in [0.2, 0.25) is 0 Å². The molecular formula is C24H30N2O3S. The smallest absolute Gasteiger partial charge is 0.251 e. The van der Waals surface area contributed by atoms with Gasteiger partial charge in [-0.25, -0.2) is 8.42 Å². The van der Waals surface area contributed by atoms with Crippen LogP contribution >= 0.6 is 0 Å². The van der Waals surface area contributed by atoms with Gasteiger partial charge < -0.3 is 5.32 Å². The standard InChI is InChI=1S/C24H30N2O3S/c1-2-23(20-13-12-18-8-3-4-9-19(18)16-20)25-24(27)21-10-7-11-22(17-21)30(28,29)26-14-5-6-15-26/h7,10-13,16-17,23H,2-6,8-9,14-15H2,1H3,(H,25,27)/t23-/m0/s1. The number of nitrogens with zero attached hydrogens (tertiary/aromatic N) is 1. The highest BCUT2D eigenvalue weighted by Crippen LogP contribution is 2.27. The summed E-state index contributed by atoms with van der Waals surface area (Å²) < 4.78 is 27.2. The fourth-order valence-electron chi connectivity index (χ4n) is 4.51. The van der Waals surface area contributed by atoms with Crippen molar-refractivity contribution in [3.8, 4) is 0 Å². The Morgan fingerprint density at radius 3 is 2.47 bits per heavy atom. The highest BCUT2D eigenvalue weighted by Gasteiger charge is 2.28. The summed E-state index contributed by atoms with van der Waals surface area (Å²) in [6.07, 6.45) is 7.25. The zero-order valence-corrected chi connectivity index (χ0v) is 18.4. The molecule has 1 amide bonds. The molecule has 0 unspecified atom stereocenters. The molecule has 1 atom stereocenters. The Morgan fingerprint density at radius 2 is 1.73 bits per heavy atom. The zero-order valence-electron chi connectivity index (χ0n) is 17.6. The van der Waals surface area contributed by atoms with Crippen molar-refractivity contribution in [2.75, 3.05) is 13.1 Å². The number of amides is 1. The van der Waals surface area contributed by atoms with Crippen molar-refractivity contribution < 1.29 is 13.2 Å². The molecule has 1 aliphatic heterocycles. The molecule has 6 heteroatoms. The van der Waals surface area contributed by atoms with Crippen molar-refractivity contribution in [2.24, 2.45) is 0 Å². The Bertz CT molecular complexity index is 1030. The second kappa shape index (κ2) is 8.90. The van der Waals surface area contributed by atoms with Crippen LogP contribution in [0, 0.1) is 0 Å². The molecule has 2 aromatic rings. The van der Waals surface area contributed by atoms with Gasteiger partial charge >= 0.3 is 0 Å². The van der Waals surface area contributed by atoms with E-state index in [0.717, 1.165) is 37.7 Å². The zero-order chi connectivity index (χ0) is 21.1. The molecular weight excluding hydrogens is 396 g/mol. The highest BCUT2D eigenvalue weighted by molar-refractivity contribution is 7.89. The molecule has 0 saturated carbocycles. The SMILES string of the molecule is CC[C@H](NC(=O)c1cccc(S(=O)(=O)N2CCCC2)c1)c1ccc2c(c1)CCCC2. The molecule has 4 rings (SSSR count). The fourth-order valence-corrected chi connectivity index (χ4v) is 6.07. The van der Waals surface area contributed by atoms with E-state index in [1.165, 1.54) is 34.3 Å². The first-order valence-electron chi connectivity index (χ1n) is 11.0. The van der Waals surface area contributed by atoms with E-state index in [0.29, 0.717) is 18.7 Å². The first-order chi connectivity index (χ1) is 14.5. The predicted molar refractivity (Wildman–Crippen MR) is 118 cm³/mol. The predicted octanol–water partition coefficient (Wildman–Crippen LogP) is 4.23. The maximum Gasteiger partial charge on any atom is 0.251 e. The molecule has 2 aliphatic rings. The Labute approximate surface area is 179 Å². The van der Waals surface area contributed by atoms with Gasteiger partial charge in [-0.2, -0.15) is 4.31 Å². The Hall–Kier alpha value is -2.18. The molecule has 0 bridgehead atoms.